The molecule has 2 aromatic carbocycles. The van der Waals surface area contributed by atoms with E-state index in [1.54, 1.807) is 13.2 Å². The zero-order chi connectivity index (χ0) is 41.3. The number of nitrogens with one attached hydrogen (secondary N) is 1. The molecule has 0 radical (unpaired) electrons. The van der Waals surface area contributed by atoms with Gasteiger partial charge < -0.3 is 24.6 Å². The van der Waals surface area contributed by atoms with E-state index in [0.717, 1.165) is 60.2 Å². The number of hydrogen-bond donors (Lipinski definition) is 2. The number of methoxy groups -OCH3 is 1. The number of likely N-dealkylation sites (tertiary alicyclic amines) is 2. The van der Waals surface area contributed by atoms with Crippen LogP contribution in [0.25, 0.3) is 22.2 Å². The normalized spacial score (nSPS) is 24.8. The molecule has 3 aliphatic carbocycles. The molecule has 314 valence electrons. The van der Waals surface area contributed by atoms with Gasteiger partial charge in [-0.05, 0) is 63.0 Å². The van der Waals surface area contributed by atoms with Crippen LogP contribution in [0.15, 0.2) is 67.3 Å². The van der Waals surface area contributed by atoms with Crippen molar-refractivity contribution < 1.29 is 37.1 Å². The van der Waals surface area contributed by atoms with Gasteiger partial charge >= 0.3 is 0 Å². The van der Waals surface area contributed by atoms with E-state index >= 15 is 0 Å². The topological polar surface area (TPSA) is 156 Å². The number of pyridine rings is 1. The van der Waals surface area contributed by atoms with Crippen molar-refractivity contribution in [2.75, 3.05) is 26.7 Å². The molecule has 14 heteroatoms. The lowest BCUT2D eigenvalue weighted by atomic mass is 9.88. The first-order valence-corrected chi connectivity index (χ1v) is 22.4. The molecule has 2 aliphatic heterocycles. The summed E-state index contributed by atoms with van der Waals surface area (Å²) >= 11 is 0. The highest BCUT2D eigenvalue weighted by molar-refractivity contribution is 7.70. The summed E-state index contributed by atoms with van der Waals surface area (Å²) in [4.78, 5) is 65.8. The Kier molecular flexibility index (Phi) is 12.0. The lowest BCUT2D eigenvalue weighted by Gasteiger charge is -2.33. The molecule has 0 unspecified atom stereocenters. The van der Waals surface area contributed by atoms with E-state index in [0.29, 0.717) is 61.0 Å². The van der Waals surface area contributed by atoms with Crippen molar-refractivity contribution >= 4 is 45.4 Å². The fraction of sp³-hybridized carbons (Fsp3) is 0.533. The lowest BCUT2D eigenvalue weighted by molar-refractivity contribution is -0.145. The van der Waals surface area contributed by atoms with Crippen molar-refractivity contribution in [1.29, 1.82) is 0 Å². The maximum absolute atomic E-state index is 14.7. The van der Waals surface area contributed by atoms with Gasteiger partial charge in [0.1, 0.15) is 29.2 Å². The molecule has 1 aromatic heterocycles. The van der Waals surface area contributed by atoms with Gasteiger partial charge in [-0.2, -0.15) is 0 Å². The highest BCUT2D eigenvalue weighted by Crippen LogP contribution is 2.48. The zero-order valence-corrected chi connectivity index (χ0v) is 34.7. The Bertz CT molecular complexity index is 2160. The van der Waals surface area contributed by atoms with Gasteiger partial charge in [-0.1, -0.05) is 62.1 Å². The molecule has 3 saturated carbocycles. The smallest absolute Gasteiger partial charge is 0.262 e. The van der Waals surface area contributed by atoms with Crippen molar-refractivity contribution in [1.82, 2.24) is 24.4 Å². The number of piperidine rings is 1. The predicted octanol–water partition coefficient (Wildman–Crippen LogP) is 5.44. The second kappa shape index (κ2) is 17.3. The van der Waals surface area contributed by atoms with Crippen LogP contribution in [0.5, 0.6) is 11.5 Å². The molecular weight excluding hydrogens is 771 g/mol. The molecule has 3 aromatic rings. The van der Waals surface area contributed by atoms with Gasteiger partial charge in [0, 0.05) is 66.9 Å². The standard InChI is InChI=1S/C45H55N5O8S/c1-3-32-27-45(32,44(54)50(59(55)56)33-16-17-33)47-42(52)39-25-35(58-40-26-37(30-14-6-4-7-15-30)46-38-24-34(57-2)18-19-36(38)40)28-49(39)41(51)23-31(22-29-12-8-9-13-29)43(53)48-20-10-5-11-21-48/h3-4,6-7,14-15,18-19,24,26,29,31-33,35,39,59H,1,5,8-13,16-17,20-23,25,27-28H2,2H3,(H,47,52)/t31-,32+,35-,39+,45-/m1/s1. The number of fused-ring (bicyclic) bond motifs is 1. The predicted molar refractivity (Wildman–Crippen MR) is 223 cm³/mol. The Morgan fingerprint density at radius 2 is 1.75 bits per heavy atom. The summed E-state index contributed by atoms with van der Waals surface area (Å²) in [6.07, 6.45) is 10.2. The largest absolute Gasteiger partial charge is 0.497 e. The lowest BCUT2D eigenvalue weighted by Crippen LogP contribution is -2.56. The number of aromatic nitrogens is 1. The molecule has 13 nitrogen and oxygen atoms in total. The molecule has 3 heterocycles. The van der Waals surface area contributed by atoms with Gasteiger partial charge in [0.2, 0.25) is 28.6 Å². The summed E-state index contributed by atoms with van der Waals surface area (Å²) in [7, 11) is -1.63. The van der Waals surface area contributed by atoms with E-state index in [2.05, 4.69) is 11.9 Å². The van der Waals surface area contributed by atoms with Crippen molar-refractivity contribution in [3.05, 3.63) is 67.3 Å². The molecular formula is C45H55N5O8S. The molecule has 0 bridgehead atoms. The number of benzene rings is 2. The number of nitrogens with zero attached hydrogens (tertiary/aromatic N) is 4. The third-order valence-electron chi connectivity index (χ3n) is 13.1. The van der Waals surface area contributed by atoms with Gasteiger partial charge in [0.05, 0.1) is 24.9 Å². The summed E-state index contributed by atoms with van der Waals surface area (Å²) in [5.41, 5.74) is 0.720. The fourth-order valence-electron chi connectivity index (χ4n) is 9.58. The number of hydrogen-bond acceptors (Lipinski definition) is 9. The Hall–Kier alpha value is -4.98. The first-order chi connectivity index (χ1) is 28.6. The number of carbonyl (C=O) groups excluding carboxylic acids is 4. The average Bonchev–Trinajstić information content (AvgIpc) is 4.10. The molecule has 59 heavy (non-hydrogen) atoms. The summed E-state index contributed by atoms with van der Waals surface area (Å²) in [6, 6.07) is 15.6. The molecule has 1 N–H and O–H groups in total. The summed E-state index contributed by atoms with van der Waals surface area (Å²) in [6.45, 7) is 5.29. The molecule has 5 aliphatic rings. The number of ether oxygens (including phenoxy) is 2. The zero-order valence-electron chi connectivity index (χ0n) is 33.8. The van der Waals surface area contributed by atoms with E-state index in [1.165, 1.54) is 4.90 Å². The van der Waals surface area contributed by atoms with Gasteiger partial charge in [0.15, 0.2) is 0 Å². The molecule has 8 rings (SSSR count). The van der Waals surface area contributed by atoms with Crippen LogP contribution in [-0.4, -0.2) is 102 Å². The Balaban J connectivity index is 1.10. The Morgan fingerprint density at radius 1 is 1.00 bits per heavy atom. The summed E-state index contributed by atoms with van der Waals surface area (Å²) in [5, 5.41) is 3.66. The van der Waals surface area contributed by atoms with Crippen LogP contribution >= 0.6 is 0 Å². The van der Waals surface area contributed by atoms with E-state index in [-0.39, 0.29) is 37.6 Å². The van der Waals surface area contributed by atoms with E-state index in [1.807, 2.05) is 59.5 Å². The quantitative estimate of drug-likeness (QED) is 0.151. The summed E-state index contributed by atoms with van der Waals surface area (Å²) < 4.78 is 37.8. The number of amides is 4. The third kappa shape index (κ3) is 8.69. The highest BCUT2D eigenvalue weighted by Gasteiger charge is 2.63. The van der Waals surface area contributed by atoms with Crippen LogP contribution < -0.4 is 14.8 Å². The second-order valence-corrected chi connectivity index (χ2v) is 18.0. The van der Waals surface area contributed by atoms with Gasteiger partial charge in [-0.15, -0.1) is 6.58 Å². The maximum atomic E-state index is 14.7. The molecule has 5 atom stereocenters. The summed E-state index contributed by atoms with van der Waals surface area (Å²) in [5.74, 6) is -1.02. The van der Waals surface area contributed by atoms with Crippen LogP contribution in [0.3, 0.4) is 0 Å². The first-order valence-electron chi connectivity index (χ1n) is 21.3. The molecule has 4 amide bonds. The SMILES string of the molecule is C=C[C@H]1C[C@]1(NC(=O)[C@@H]1C[C@@H](Oc2cc(-c3ccccc3)nc3cc(OC)ccc23)CN1C(=O)C[C@@H](CC1CCCC1)C(=O)N1CCCCC1)C(=O)N(C1CC1)[SH](=O)=O. The van der Waals surface area contributed by atoms with Crippen molar-refractivity contribution in [3.63, 3.8) is 0 Å². The number of thiol groups is 1. The van der Waals surface area contributed by atoms with Crippen LogP contribution in [0, 0.1) is 17.8 Å². The first kappa shape index (κ1) is 40.8. The van der Waals surface area contributed by atoms with Gasteiger partial charge in [-0.25, -0.2) is 17.7 Å². The minimum Gasteiger partial charge on any atom is -0.497 e. The van der Waals surface area contributed by atoms with Crippen molar-refractivity contribution in [2.24, 2.45) is 17.8 Å². The Labute approximate surface area is 347 Å². The van der Waals surface area contributed by atoms with Crippen LogP contribution in [-0.2, 0) is 30.1 Å². The van der Waals surface area contributed by atoms with Crippen LogP contribution in [0.1, 0.15) is 83.5 Å². The second-order valence-electron chi connectivity index (χ2n) is 17.1. The minimum absolute atomic E-state index is 0.00770. The molecule has 2 saturated heterocycles. The molecule has 5 fully saturated rings. The Morgan fingerprint density at radius 3 is 2.41 bits per heavy atom. The fourth-order valence-corrected chi connectivity index (χ4v) is 10.4. The van der Waals surface area contributed by atoms with E-state index in [9.17, 15) is 27.6 Å². The number of carbonyl (C=O) groups is 4. The van der Waals surface area contributed by atoms with Crippen LogP contribution in [0.2, 0.25) is 0 Å². The minimum atomic E-state index is -3.22. The maximum Gasteiger partial charge on any atom is 0.262 e. The van der Waals surface area contributed by atoms with Crippen LogP contribution in [0.4, 0.5) is 0 Å². The highest BCUT2D eigenvalue weighted by atomic mass is 32.2. The third-order valence-corrected chi connectivity index (χ3v) is 13.9. The average molecular weight is 826 g/mol. The van der Waals surface area contributed by atoms with Crippen molar-refractivity contribution in [2.45, 2.75) is 107 Å². The van der Waals surface area contributed by atoms with Gasteiger partial charge in [0.25, 0.3) is 5.91 Å². The molecule has 0 spiro atoms. The van der Waals surface area contributed by atoms with E-state index in [4.69, 9.17) is 14.5 Å². The van der Waals surface area contributed by atoms with Gasteiger partial charge in [-0.3, -0.25) is 19.2 Å². The van der Waals surface area contributed by atoms with Crippen molar-refractivity contribution in [3.8, 4) is 22.8 Å². The van der Waals surface area contributed by atoms with E-state index < -0.39 is 58.3 Å². The number of rotatable bonds is 15. The monoisotopic (exact) mass is 825 g/mol.